The molecule has 112 valence electrons. The van der Waals surface area contributed by atoms with Crippen molar-refractivity contribution in [1.82, 2.24) is 4.31 Å². The molecular formula is C13H19ClN2O2S2. The van der Waals surface area contributed by atoms with Crippen molar-refractivity contribution < 1.29 is 8.42 Å². The zero-order valence-electron chi connectivity index (χ0n) is 11.6. The number of thiocarbonyl (C=S) groups is 1. The summed E-state index contributed by atoms with van der Waals surface area (Å²) in [6, 6.07) is 4.57. The first-order chi connectivity index (χ1) is 9.34. The quantitative estimate of drug-likeness (QED) is 0.779. The fraction of sp³-hybridized carbons (Fsp3) is 0.462. The van der Waals surface area contributed by atoms with Crippen LogP contribution in [0.25, 0.3) is 0 Å². The van der Waals surface area contributed by atoms with Gasteiger partial charge in [-0.15, -0.1) is 0 Å². The lowest BCUT2D eigenvalue weighted by Crippen LogP contribution is -2.32. The smallest absolute Gasteiger partial charge is 0.244 e. The molecule has 7 heteroatoms. The molecule has 2 N–H and O–H groups in total. The van der Waals surface area contributed by atoms with E-state index in [1.165, 1.54) is 16.4 Å². The van der Waals surface area contributed by atoms with Gasteiger partial charge in [0.2, 0.25) is 10.0 Å². The van der Waals surface area contributed by atoms with Crippen LogP contribution < -0.4 is 5.73 Å². The van der Waals surface area contributed by atoms with Gasteiger partial charge in [-0.1, -0.05) is 50.2 Å². The number of nitrogens with two attached hydrogens (primary N) is 1. The molecule has 1 aromatic carbocycles. The predicted molar refractivity (Wildman–Crippen MR) is 86.7 cm³/mol. The van der Waals surface area contributed by atoms with E-state index in [0.717, 1.165) is 12.8 Å². The van der Waals surface area contributed by atoms with E-state index in [0.29, 0.717) is 18.7 Å². The van der Waals surface area contributed by atoms with E-state index < -0.39 is 10.0 Å². The number of halogens is 1. The Morgan fingerprint density at radius 2 is 2.05 bits per heavy atom. The highest BCUT2D eigenvalue weighted by Gasteiger charge is 2.25. The summed E-state index contributed by atoms with van der Waals surface area (Å²) in [6.07, 6.45) is 1.73. The van der Waals surface area contributed by atoms with Crippen molar-refractivity contribution >= 4 is 38.8 Å². The van der Waals surface area contributed by atoms with Crippen LogP contribution in [0.15, 0.2) is 23.1 Å². The van der Waals surface area contributed by atoms with Gasteiger partial charge in [0.25, 0.3) is 0 Å². The van der Waals surface area contributed by atoms with Crippen LogP contribution >= 0.6 is 23.8 Å². The SMILES string of the molecule is CCCCN(CC)S(=O)(=O)c1cc(C(N)=S)ccc1Cl. The molecule has 0 aliphatic carbocycles. The zero-order valence-corrected chi connectivity index (χ0v) is 14.0. The zero-order chi connectivity index (χ0) is 15.3. The minimum atomic E-state index is -3.62. The Morgan fingerprint density at radius 3 is 2.55 bits per heavy atom. The molecule has 0 spiro atoms. The van der Waals surface area contributed by atoms with Gasteiger partial charge in [0.05, 0.1) is 5.02 Å². The Labute approximate surface area is 131 Å². The summed E-state index contributed by atoms with van der Waals surface area (Å²) in [5, 5.41) is 0.181. The molecule has 0 bridgehead atoms. The van der Waals surface area contributed by atoms with Gasteiger partial charge in [-0.2, -0.15) is 4.31 Å². The second-order valence-electron chi connectivity index (χ2n) is 4.36. The number of sulfonamides is 1. The van der Waals surface area contributed by atoms with Crippen LogP contribution in [0.2, 0.25) is 5.02 Å². The molecular weight excluding hydrogens is 316 g/mol. The van der Waals surface area contributed by atoms with Crippen LogP contribution in [0.1, 0.15) is 32.3 Å². The number of hydrogen-bond acceptors (Lipinski definition) is 3. The monoisotopic (exact) mass is 334 g/mol. The molecule has 0 aliphatic heterocycles. The van der Waals surface area contributed by atoms with Crippen molar-refractivity contribution in [3.05, 3.63) is 28.8 Å². The summed E-state index contributed by atoms with van der Waals surface area (Å²) in [5.41, 5.74) is 6.04. The largest absolute Gasteiger partial charge is 0.389 e. The molecule has 0 aromatic heterocycles. The first-order valence-electron chi connectivity index (χ1n) is 6.44. The molecule has 0 heterocycles. The Hall–Kier alpha value is -0.690. The van der Waals surface area contributed by atoms with Crippen LogP contribution in [0, 0.1) is 0 Å². The number of nitrogens with zero attached hydrogens (tertiary/aromatic N) is 1. The number of rotatable bonds is 7. The predicted octanol–water partition coefficient (Wildman–Crippen LogP) is 2.78. The third kappa shape index (κ3) is 3.91. The van der Waals surface area contributed by atoms with E-state index in [4.69, 9.17) is 29.6 Å². The molecule has 0 radical (unpaired) electrons. The fourth-order valence-corrected chi connectivity index (χ4v) is 3.89. The number of hydrogen-bond donors (Lipinski definition) is 1. The van der Waals surface area contributed by atoms with Gasteiger partial charge < -0.3 is 5.73 Å². The second kappa shape index (κ2) is 7.36. The minimum Gasteiger partial charge on any atom is -0.389 e. The highest BCUT2D eigenvalue weighted by molar-refractivity contribution is 7.89. The maximum Gasteiger partial charge on any atom is 0.244 e. The van der Waals surface area contributed by atoms with Gasteiger partial charge in [0.1, 0.15) is 9.88 Å². The third-order valence-electron chi connectivity index (χ3n) is 2.95. The molecule has 1 aromatic rings. The highest BCUT2D eigenvalue weighted by atomic mass is 35.5. The maximum atomic E-state index is 12.6. The molecule has 1 rings (SSSR count). The summed E-state index contributed by atoms with van der Waals surface area (Å²) >= 11 is 10.9. The van der Waals surface area contributed by atoms with Crippen molar-refractivity contribution in [2.75, 3.05) is 13.1 Å². The molecule has 0 unspecified atom stereocenters. The molecule has 0 amide bonds. The summed E-state index contributed by atoms with van der Waals surface area (Å²) in [4.78, 5) is 0.206. The summed E-state index contributed by atoms with van der Waals surface area (Å²) in [6.45, 7) is 4.69. The van der Waals surface area contributed by atoms with Crippen molar-refractivity contribution in [2.45, 2.75) is 31.6 Å². The van der Waals surface area contributed by atoms with Crippen molar-refractivity contribution in [2.24, 2.45) is 5.73 Å². The summed E-state index contributed by atoms with van der Waals surface area (Å²) in [5.74, 6) is 0. The molecule has 0 fully saturated rings. The number of benzene rings is 1. The van der Waals surface area contributed by atoms with Gasteiger partial charge in [-0.05, 0) is 18.6 Å². The van der Waals surface area contributed by atoms with Crippen molar-refractivity contribution in [1.29, 1.82) is 0 Å². The third-order valence-corrected chi connectivity index (χ3v) is 5.64. The molecule has 0 aliphatic rings. The Bertz CT molecular complexity index is 588. The fourth-order valence-electron chi connectivity index (χ4n) is 1.78. The van der Waals surface area contributed by atoms with E-state index in [-0.39, 0.29) is 14.9 Å². The first kappa shape index (κ1) is 17.4. The number of unbranched alkanes of at least 4 members (excludes halogenated alkanes) is 1. The van der Waals surface area contributed by atoms with Crippen LogP contribution in [-0.2, 0) is 10.0 Å². The van der Waals surface area contributed by atoms with Crippen molar-refractivity contribution in [3.63, 3.8) is 0 Å². The van der Waals surface area contributed by atoms with Gasteiger partial charge in [-0.25, -0.2) is 8.42 Å². The molecule has 0 saturated carbocycles. The van der Waals surface area contributed by atoms with E-state index in [9.17, 15) is 8.42 Å². The average molecular weight is 335 g/mol. The summed E-state index contributed by atoms with van der Waals surface area (Å²) < 4.78 is 26.7. The minimum absolute atomic E-state index is 0.0578. The van der Waals surface area contributed by atoms with Crippen LogP contribution in [0.5, 0.6) is 0 Å². The lowest BCUT2D eigenvalue weighted by molar-refractivity contribution is 0.419. The summed E-state index contributed by atoms with van der Waals surface area (Å²) in [7, 11) is -3.62. The van der Waals surface area contributed by atoms with E-state index >= 15 is 0 Å². The van der Waals surface area contributed by atoms with Crippen LogP contribution in [0.4, 0.5) is 0 Å². The Balaban J connectivity index is 3.26. The van der Waals surface area contributed by atoms with Crippen LogP contribution in [0.3, 0.4) is 0 Å². The molecule has 4 nitrogen and oxygen atoms in total. The Kier molecular flexibility index (Phi) is 6.39. The van der Waals surface area contributed by atoms with Gasteiger partial charge in [0.15, 0.2) is 0 Å². The molecule has 0 atom stereocenters. The van der Waals surface area contributed by atoms with Gasteiger partial charge in [0, 0.05) is 18.7 Å². The van der Waals surface area contributed by atoms with E-state index in [1.54, 1.807) is 13.0 Å². The van der Waals surface area contributed by atoms with Crippen LogP contribution in [-0.4, -0.2) is 30.8 Å². The average Bonchev–Trinajstić information content (AvgIpc) is 2.39. The van der Waals surface area contributed by atoms with Gasteiger partial charge >= 0.3 is 0 Å². The highest BCUT2D eigenvalue weighted by Crippen LogP contribution is 2.26. The lowest BCUT2D eigenvalue weighted by atomic mass is 10.2. The first-order valence-corrected chi connectivity index (χ1v) is 8.66. The molecule has 0 saturated heterocycles. The normalized spacial score (nSPS) is 11.8. The second-order valence-corrected chi connectivity index (χ2v) is 7.11. The van der Waals surface area contributed by atoms with Crippen molar-refractivity contribution in [3.8, 4) is 0 Å². The van der Waals surface area contributed by atoms with E-state index in [1.807, 2.05) is 6.92 Å². The topological polar surface area (TPSA) is 63.4 Å². The van der Waals surface area contributed by atoms with E-state index in [2.05, 4.69) is 0 Å². The lowest BCUT2D eigenvalue weighted by Gasteiger charge is -2.21. The maximum absolute atomic E-state index is 12.6. The Morgan fingerprint density at radius 1 is 1.40 bits per heavy atom. The van der Waals surface area contributed by atoms with Gasteiger partial charge in [-0.3, -0.25) is 0 Å². The standard InChI is InChI=1S/C13H19ClN2O2S2/c1-3-5-8-16(4-2)20(17,18)12-9-10(13(15)19)6-7-11(12)14/h6-7,9H,3-5,8H2,1-2H3,(H2,15,19). The molecule has 20 heavy (non-hydrogen) atoms.